The van der Waals surface area contributed by atoms with Gasteiger partial charge in [0.2, 0.25) is 10.0 Å². The Balaban J connectivity index is 3.13. The van der Waals surface area contributed by atoms with Crippen LogP contribution in [0.5, 0.6) is 0 Å². The molecule has 4 nitrogen and oxygen atoms in total. The Labute approximate surface area is 152 Å². The van der Waals surface area contributed by atoms with Gasteiger partial charge in [-0.2, -0.15) is 4.72 Å². The smallest absolute Gasteiger partial charge is 0.241 e. The van der Waals surface area contributed by atoms with Crippen LogP contribution < -0.4 is 4.72 Å². The number of carbonyl (C=O) groups is 1. The summed E-state index contributed by atoms with van der Waals surface area (Å²) >= 11 is 8.83. The molecule has 23 heavy (non-hydrogen) atoms. The maximum Gasteiger partial charge on any atom is 0.241 e. The number of nitrogens with one attached hydrogen (secondary N) is 1. The van der Waals surface area contributed by atoms with E-state index in [0.717, 1.165) is 0 Å². The predicted octanol–water partition coefficient (Wildman–Crippen LogP) is 4.08. The molecule has 0 heterocycles. The second-order valence-electron chi connectivity index (χ2n) is 5.36. The highest BCUT2D eigenvalue weighted by atomic mass is 33.2. The molecule has 0 aromatic heterocycles. The summed E-state index contributed by atoms with van der Waals surface area (Å²) < 4.78 is 25.2. The molecule has 0 amide bonds. The molecule has 130 valence electrons. The molecule has 0 aliphatic heterocycles. The summed E-state index contributed by atoms with van der Waals surface area (Å²) in [6, 6.07) is 8.03. The van der Waals surface area contributed by atoms with Crippen LogP contribution in [0.15, 0.2) is 35.2 Å². The standard InChI is InChI=1S/C14H22NO3PS4/c1-11(2)21-19(20,22-12(3)4)14(10-16)15-23(17,18)13-8-6-5-7-9-13/h5-12,14-15H,1-4H3. The van der Waals surface area contributed by atoms with Gasteiger partial charge in [0.1, 0.15) is 12.1 Å². The average Bonchev–Trinajstić information content (AvgIpc) is 2.43. The molecule has 1 unspecified atom stereocenters. The maximum atomic E-state index is 12.5. The Morgan fingerprint density at radius 2 is 1.57 bits per heavy atom. The van der Waals surface area contributed by atoms with Crippen LogP contribution in [0.4, 0.5) is 0 Å². The van der Waals surface area contributed by atoms with Crippen LogP contribution in [0.1, 0.15) is 27.7 Å². The second-order valence-corrected chi connectivity index (χ2v) is 19.5. The normalized spacial score (nSPS) is 14.2. The van der Waals surface area contributed by atoms with E-state index in [9.17, 15) is 13.2 Å². The van der Waals surface area contributed by atoms with E-state index in [1.807, 2.05) is 27.7 Å². The first-order valence-electron chi connectivity index (χ1n) is 7.10. The monoisotopic (exact) mass is 411 g/mol. The van der Waals surface area contributed by atoms with Crippen molar-refractivity contribution in [1.82, 2.24) is 4.72 Å². The fourth-order valence-corrected chi connectivity index (χ4v) is 18.0. The van der Waals surface area contributed by atoms with Crippen molar-refractivity contribution < 1.29 is 13.2 Å². The van der Waals surface area contributed by atoms with Crippen LogP contribution in [-0.2, 0) is 26.6 Å². The molecule has 1 rings (SSSR count). The molecule has 0 bridgehead atoms. The van der Waals surface area contributed by atoms with E-state index in [1.54, 1.807) is 18.2 Å². The molecule has 0 spiro atoms. The summed E-state index contributed by atoms with van der Waals surface area (Å²) in [4.78, 5) is 11.8. The Morgan fingerprint density at radius 3 is 1.96 bits per heavy atom. The zero-order valence-electron chi connectivity index (χ0n) is 13.5. The van der Waals surface area contributed by atoms with Gasteiger partial charge in [0.05, 0.1) is 9.34 Å². The van der Waals surface area contributed by atoms with E-state index in [2.05, 4.69) is 4.72 Å². The first-order chi connectivity index (χ1) is 10.6. The van der Waals surface area contributed by atoms with Crippen molar-refractivity contribution in [3.05, 3.63) is 30.3 Å². The summed E-state index contributed by atoms with van der Waals surface area (Å²) in [5, 5.41) is 0.437. The lowest BCUT2D eigenvalue weighted by molar-refractivity contribution is -0.107. The highest BCUT2D eigenvalue weighted by Crippen LogP contribution is 2.73. The largest absolute Gasteiger partial charge is 0.301 e. The topological polar surface area (TPSA) is 63.2 Å². The molecule has 1 aromatic carbocycles. The number of sulfonamides is 1. The van der Waals surface area contributed by atoms with Crippen molar-refractivity contribution in [3.8, 4) is 0 Å². The third-order valence-corrected chi connectivity index (χ3v) is 15.9. The fraction of sp³-hybridized carbons (Fsp3) is 0.500. The van der Waals surface area contributed by atoms with E-state index in [0.29, 0.717) is 6.29 Å². The SMILES string of the molecule is CC(C)SP(=S)(SC(C)C)C(C=O)NS(=O)(=O)c1ccccc1. The van der Waals surface area contributed by atoms with Crippen molar-refractivity contribution in [1.29, 1.82) is 0 Å². The van der Waals surface area contributed by atoms with Crippen molar-refractivity contribution in [2.24, 2.45) is 0 Å². The third kappa shape index (κ3) is 6.52. The van der Waals surface area contributed by atoms with Crippen LogP contribution in [0.3, 0.4) is 0 Å². The van der Waals surface area contributed by atoms with Gasteiger partial charge >= 0.3 is 0 Å². The molecule has 0 saturated heterocycles. The summed E-state index contributed by atoms with van der Waals surface area (Å²) in [5.41, 5.74) is 0. The van der Waals surface area contributed by atoms with Gasteiger partial charge in [-0.05, 0) is 12.1 Å². The van der Waals surface area contributed by atoms with Gasteiger partial charge in [-0.25, -0.2) is 8.42 Å². The number of aldehydes is 1. The predicted molar refractivity (Wildman–Crippen MR) is 106 cm³/mol. The van der Waals surface area contributed by atoms with E-state index in [4.69, 9.17) is 11.8 Å². The molecule has 9 heteroatoms. The van der Waals surface area contributed by atoms with Gasteiger partial charge in [0, 0.05) is 10.5 Å². The molecule has 1 N–H and O–H groups in total. The summed E-state index contributed by atoms with van der Waals surface area (Å²) in [6.45, 7) is 8.00. The summed E-state index contributed by atoms with van der Waals surface area (Å²) in [5.74, 6) is -0.887. The molecular formula is C14H22NO3PS4. The molecule has 1 atom stereocenters. The third-order valence-electron chi connectivity index (χ3n) is 2.51. The quantitative estimate of drug-likeness (QED) is 0.488. The molecule has 0 aliphatic rings. The van der Waals surface area contributed by atoms with Crippen LogP contribution in [-0.4, -0.2) is 31.0 Å². The van der Waals surface area contributed by atoms with Gasteiger partial charge < -0.3 is 4.79 Å². The molecule has 0 fully saturated rings. The van der Waals surface area contributed by atoms with Crippen LogP contribution in [0.25, 0.3) is 0 Å². The first-order valence-corrected chi connectivity index (χ1v) is 14.4. The van der Waals surface area contributed by atoms with E-state index < -0.39 is 20.2 Å². The van der Waals surface area contributed by atoms with E-state index in [1.165, 1.54) is 34.9 Å². The number of carbonyl (C=O) groups excluding carboxylic acids is 1. The first kappa shape index (κ1) is 21.2. The van der Waals surface area contributed by atoms with Crippen LogP contribution in [0, 0.1) is 0 Å². The highest BCUT2D eigenvalue weighted by molar-refractivity contribution is 9.01. The molecule has 0 saturated carbocycles. The Hall–Kier alpha value is 0.150. The van der Waals surface area contributed by atoms with E-state index in [-0.39, 0.29) is 15.4 Å². The van der Waals surface area contributed by atoms with Crippen molar-refractivity contribution in [3.63, 3.8) is 0 Å². The minimum absolute atomic E-state index is 0.137. The number of hydrogen-bond acceptors (Lipinski definition) is 6. The number of rotatable bonds is 9. The second kappa shape index (κ2) is 9.02. The van der Waals surface area contributed by atoms with Crippen molar-refractivity contribution in [2.75, 3.05) is 0 Å². The summed E-state index contributed by atoms with van der Waals surface area (Å²) in [6.07, 6.45) is 0.645. The number of benzene rings is 1. The Kier molecular flexibility index (Phi) is 8.31. The fourth-order valence-electron chi connectivity index (χ4n) is 1.74. The molecule has 0 radical (unpaired) electrons. The zero-order valence-corrected chi connectivity index (χ0v) is 17.7. The van der Waals surface area contributed by atoms with Crippen molar-refractivity contribution in [2.45, 2.75) is 48.9 Å². The minimum Gasteiger partial charge on any atom is -0.301 e. The van der Waals surface area contributed by atoms with Gasteiger partial charge in [0.15, 0.2) is 0 Å². The van der Waals surface area contributed by atoms with Gasteiger partial charge in [-0.15, -0.1) is 22.8 Å². The Morgan fingerprint density at radius 1 is 1.09 bits per heavy atom. The lowest BCUT2D eigenvalue weighted by Crippen LogP contribution is -2.35. The average molecular weight is 412 g/mol. The maximum absolute atomic E-state index is 12.5. The van der Waals surface area contributed by atoms with Crippen LogP contribution in [0.2, 0.25) is 0 Å². The van der Waals surface area contributed by atoms with E-state index >= 15 is 0 Å². The number of hydrogen-bond donors (Lipinski definition) is 1. The lowest BCUT2D eigenvalue weighted by Gasteiger charge is -2.29. The van der Waals surface area contributed by atoms with Crippen molar-refractivity contribution >= 4 is 55.3 Å². The van der Waals surface area contributed by atoms with Gasteiger partial charge in [-0.3, -0.25) is 0 Å². The Bertz CT molecular complexity index is 648. The van der Waals surface area contributed by atoms with Gasteiger partial charge in [0.25, 0.3) is 0 Å². The molecule has 1 aromatic rings. The zero-order chi connectivity index (χ0) is 17.7. The molecule has 0 aliphatic carbocycles. The van der Waals surface area contributed by atoms with Gasteiger partial charge in [-0.1, -0.05) is 57.7 Å². The molecular weight excluding hydrogens is 389 g/mol. The van der Waals surface area contributed by atoms with Crippen LogP contribution >= 0.6 is 27.2 Å². The lowest BCUT2D eigenvalue weighted by atomic mass is 10.4. The highest BCUT2D eigenvalue weighted by Gasteiger charge is 2.35. The minimum atomic E-state index is -3.77. The summed E-state index contributed by atoms with van der Waals surface area (Å²) in [7, 11) is -3.77.